The number of hydrogen-bond acceptors (Lipinski definition) is 12. The zero-order chi connectivity index (χ0) is 31.9. The highest BCUT2D eigenvalue weighted by molar-refractivity contribution is 7.52. The van der Waals surface area contributed by atoms with Gasteiger partial charge in [0.05, 0.1) is 19.5 Å². The molecule has 0 spiro atoms. The first kappa shape index (κ1) is 31.8. The number of rotatable bonds is 12. The number of fused-ring (bicyclic) bond motifs is 1. The summed E-state index contributed by atoms with van der Waals surface area (Å²) >= 11 is 0. The van der Waals surface area contributed by atoms with Crippen molar-refractivity contribution in [2.45, 2.75) is 69.1 Å². The molecule has 3 heterocycles. The lowest BCUT2D eigenvalue weighted by atomic mass is 9.95. The number of benzene rings is 1. The molecule has 3 aromatic rings. The fourth-order valence-corrected chi connectivity index (χ4v) is 6.03. The Morgan fingerprint density at radius 2 is 2.00 bits per heavy atom. The van der Waals surface area contributed by atoms with Crippen LogP contribution in [0, 0.1) is 0 Å². The van der Waals surface area contributed by atoms with Crippen molar-refractivity contribution < 1.29 is 50.5 Å². The molecule has 5 N–H and O–H groups in total. The first-order valence-corrected chi connectivity index (χ1v) is 15.1. The molecule has 1 saturated heterocycles. The normalized spacial score (nSPS) is 25.8. The Labute approximate surface area is 247 Å². The summed E-state index contributed by atoms with van der Waals surface area (Å²) in [6.45, 7) is 1.78. The van der Waals surface area contributed by atoms with E-state index in [1.54, 1.807) is 25.1 Å². The third kappa shape index (κ3) is 6.30. The molecule has 2 fully saturated rings. The van der Waals surface area contributed by atoms with Crippen molar-refractivity contribution in [3.05, 3.63) is 36.7 Å². The summed E-state index contributed by atoms with van der Waals surface area (Å²) in [7, 11) is -4.59. The van der Waals surface area contributed by atoms with E-state index >= 15 is 4.39 Å². The number of alkyl halides is 4. The van der Waals surface area contributed by atoms with E-state index in [-0.39, 0.29) is 41.3 Å². The van der Waals surface area contributed by atoms with E-state index in [1.807, 2.05) is 0 Å². The van der Waals surface area contributed by atoms with Crippen molar-refractivity contribution in [3.8, 4) is 5.75 Å². The van der Waals surface area contributed by atoms with E-state index in [9.17, 15) is 27.6 Å². The number of hydrogen-bond donors (Lipinski definition) is 4. The van der Waals surface area contributed by atoms with E-state index in [0.29, 0.717) is 4.57 Å². The number of esters is 1. The molecule has 6 atom stereocenters. The molecule has 14 nitrogen and oxygen atoms in total. The molecule has 2 aliphatic rings. The van der Waals surface area contributed by atoms with Crippen molar-refractivity contribution in [2.75, 3.05) is 24.3 Å². The highest BCUT2D eigenvalue weighted by Crippen LogP contribution is 2.53. The number of para-hydroxylation sites is 1. The van der Waals surface area contributed by atoms with Crippen LogP contribution in [0.5, 0.6) is 5.75 Å². The van der Waals surface area contributed by atoms with E-state index in [0.717, 1.165) is 19.2 Å². The maximum absolute atomic E-state index is 16.1. The topological polar surface area (TPSA) is 185 Å². The van der Waals surface area contributed by atoms with Crippen LogP contribution in [0.25, 0.3) is 11.2 Å². The number of nitrogens with one attached hydrogen (secondary N) is 2. The number of halogens is 4. The van der Waals surface area contributed by atoms with E-state index in [4.69, 9.17) is 24.3 Å². The number of nitrogens with two attached hydrogens (primary N) is 1. The fourth-order valence-electron chi connectivity index (χ4n) is 4.53. The van der Waals surface area contributed by atoms with E-state index in [1.165, 1.54) is 19.1 Å². The summed E-state index contributed by atoms with van der Waals surface area (Å²) in [6.07, 6.45) is -10.6. The van der Waals surface area contributed by atoms with Gasteiger partial charge in [-0.2, -0.15) is 28.2 Å². The summed E-state index contributed by atoms with van der Waals surface area (Å²) in [5, 5.41) is 16.1. The quantitative estimate of drug-likeness (QED) is 0.128. The Morgan fingerprint density at radius 1 is 1.30 bits per heavy atom. The lowest BCUT2D eigenvalue weighted by Crippen LogP contribution is -2.54. The van der Waals surface area contributed by atoms with Crippen molar-refractivity contribution in [1.82, 2.24) is 24.6 Å². The van der Waals surface area contributed by atoms with Gasteiger partial charge in [-0.3, -0.25) is 13.9 Å². The molecule has 1 aliphatic carbocycles. The van der Waals surface area contributed by atoms with Gasteiger partial charge in [0.25, 0.3) is 5.67 Å². The third-order valence-corrected chi connectivity index (χ3v) is 8.50. The van der Waals surface area contributed by atoms with Crippen LogP contribution in [0.2, 0.25) is 0 Å². The van der Waals surface area contributed by atoms with E-state index in [2.05, 4.69) is 25.4 Å². The van der Waals surface area contributed by atoms with Crippen LogP contribution in [0.3, 0.4) is 0 Å². The number of carbonyl (C=O) groups excluding carboxylic acids is 1. The van der Waals surface area contributed by atoms with Crippen LogP contribution in [0.1, 0.15) is 32.9 Å². The second-order valence-electron chi connectivity index (χ2n) is 10.2. The second-order valence-corrected chi connectivity index (χ2v) is 11.9. The van der Waals surface area contributed by atoms with E-state index < -0.39 is 56.6 Å². The smallest absolute Gasteiger partial charge is 0.459 e. The van der Waals surface area contributed by atoms with Crippen molar-refractivity contribution >= 4 is 36.6 Å². The third-order valence-electron chi connectivity index (χ3n) is 6.86. The highest BCUT2D eigenvalue weighted by atomic mass is 31.2. The number of nitrogens with zero attached hydrogens (tertiary/aromatic N) is 4. The van der Waals surface area contributed by atoms with Gasteiger partial charge >= 0.3 is 19.9 Å². The molecule has 5 rings (SSSR count). The first-order chi connectivity index (χ1) is 20.8. The molecule has 240 valence electrons. The number of nitrogen functional groups attached to an aromatic ring is 1. The SMILES string of the molecule is CCOC(=O)[C@@H](C)N[P@](=O)(OC[C@H]1O[C@@H](n2cnc3c(NC4CC4)nc(N)nc32)[C@@](F)(C(F)(F)F)[C@@H]1O)Oc1ccccc1. The van der Waals surface area contributed by atoms with Crippen LogP contribution < -0.4 is 20.7 Å². The molecule has 44 heavy (non-hydrogen) atoms. The summed E-state index contributed by atoms with van der Waals surface area (Å²) in [4.78, 5) is 24.2. The van der Waals surface area contributed by atoms with Gasteiger partial charge in [-0.25, -0.2) is 13.9 Å². The Bertz CT molecular complexity index is 1540. The largest absolute Gasteiger partial charge is 0.465 e. The zero-order valence-corrected chi connectivity index (χ0v) is 24.3. The predicted molar refractivity (Wildman–Crippen MR) is 146 cm³/mol. The van der Waals surface area contributed by atoms with Crippen molar-refractivity contribution in [3.63, 3.8) is 0 Å². The number of aliphatic hydroxyl groups is 1. The summed E-state index contributed by atoms with van der Waals surface area (Å²) in [5.41, 5.74) is 1.09. The lowest BCUT2D eigenvalue weighted by molar-refractivity contribution is -0.273. The average Bonchev–Trinajstić information content (AvgIpc) is 3.61. The number of carbonyl (C=O) groups is 1. The van der Waals surface area contributed by atoms with Gasteiger partial charge in [0.15, 0.2) is 23.2 Å². The van der Waals surface area contributed by atoms with Gasteiger partial charge in [-0.15, -0.1) is 0 Å². The minimum Gasteiger partial charge on any atom is -0.465 e. The molecule has 1 saturated carbocycles. The molecule has 19 heteroatoms. The van der Waals surface area contributed by atoms with Gasteiger partial charge in [-0.05, 0) is 38.8 Å². The Kier molecular flexibility index (Phi) is 8.74. The van der Waals surface area contributed by atoms with Crippen LogP contribution in [-0.4, -0.2) is 79.9 Å². The maximum atomic E-state index is 16.1. The van der Waals surface area contributed by atoms with Crippen molar-refractivity contribution in [2.24, 2.45) is 0 Å². The standard InChI is InChI=1S/C25H30F4N7O7P/c1-3-40-21(38)13(2)35-44(39,43-15-7-5-4-6-8-15)41-11-16-18(37)24(26,25(27,28)29)22(42-16)36-12-31-17-19(32-14-9-10-14)33-23(30)34-20(17)36/h4-8,12-14,16,18,22,37H,3,9-11H2,1-2H3,(H,35,39)(H3,30,32,33,34)/t13-,16-,18-,22-,24-,44+/m1/s1. The average molecular weight is 648 g/mol. The lowest BCUT2D eigenvalue weighted by Gasteiger charge is -2.31. The van der Waals surface area contributed by atoms with Crippen molar-refractivity contribution in [1.29, 1.82) is 0 Å². The Hall–Kier alpha value is -3.57. The Balaban J connectivity index is 1.44. The number of aromatic nitrogens is 4. The van der Waals surface area contributed by atoms with Crippen LogP contribution >= 0.6 is 7.75 Å². The number of aliphatic hydroxyl groups excluding tert-OH is 1. The molecule has 0 bridgehead atoms. The fraction of sp³-hybridized carbons (Fsp3) is 0.520. The van der Waals surface area contributed by atoms with Crippen LogP contribution in [0.15, 0.2) is 36.7 Å². The predicted octanol–water partition coefficient (Wildman–Crippen LogP) is 3.26. The summed E-state index contributed by atoms with van der Waals surface area (Å²) < 4.78 is 94.6. The minimum atomic E-state index is -5.67. The molecule has 2 aromatic heterocycles. The molecule has 1 aliphatic heterocycles. The van der Waals surface area contributed by atoms with Crippen LogP contribution in [0.4, 0.5) is 29.3 Å². The van der Waals surface area contributed by atoms with Crippen LogP contribution in [-0.2, 0) is 23.4 Å². The number of ether oxygens (including phenoxy) is 2. The van der Waals surface area contributed by atoms with Gasteiger partial charge < -0.3 is 30.2 Å². The van der Waals surface area contributed by atoms with Gasteiger partial charge in [0, 0.05) is 6.04 Å². The monoisotopic (exact) mass is 647 g/mol. The highest BCUT2D eigenvalue weighted by Gasteiger charge is 2.73. The summed E-state index contributed by atoms with van der Waals surface area (Å²) in [6, 6.07) is 6.34. The number of imidazole rings is 1. The maximum Gasteiger partial charge on any atom is 0.459 e. The number of anilines is 2. The minimum absolute atomic E-state index is 0.00586. The molecule has 0 amide bonds. The first-order valence-electron chi connectivity index (χ1n) is 13.5. The van der Waals surface area contributed by atoms with Gasteiger partial charge in [0.1, 0.15) is 24.0 Å². The molecule has 0 radical (unpaired) electrons. The zero-order valence-electron chi connectivity index (χ0n) is 23.4. The Morgan fingerprint density at radius 3 is 2.64 bits per heavy atom. The molecule has 0 unspecified atom stereocenters. The molecular weight excluding hydrogens is 617 g/mol. The molecular formula is C25H30F4N7O7P. The second kappa shape index (κ2) is 12.1. The summed E-state index contributed by atoms with van der Waals surface area (Å²) in [5.74, 6) is -0.991. The van der Waals surface area contributed by atoms with Gasteiger partial charge in [-0.1, -0.05) is 18.2 Å². The van der Waals surface area contributed by atoms with Gasteiger partial charge in [0.2, 0.25) is 5.95 Å². The molecule has 1 aromatic carbocycles.